The zero-order valence-electron chi connectivity index (χ0n) is 9.74. The average molecular weight is 243 g/mol. The van der Waals surface area contributed by atoms with Crippen LogP contribution in [0.5, 0.6) is 11.5 Å². The largest absolute Gasteiger partial charge is 0.456 e. The molecule has 1 heterocycles. The van der Waals surface area contributed by atoms with Gasteiger partial charge in [-0.3, -0.25) is 9.78 Å². The number of rotatable bonds is 5. The molecule has 0 aliphatic rings. The molecule has 4 nitrogen and oxygen atoms in total. The van der Waals surface area contributed by atoms with Crippen molar-refractivity contribution in [3.8, 4) is 11.5 Å². The fourth-order valence-electron chi connectivity index (χ4n) is 1.55. The first-order valence-corrected chi connectivity index (χ1v) is 5.59. The number of aliphatic hydroxyl groups is 1. The molecule has 0 saturated heterocycles. The Morgan fingerprint density at radius 3 is 2.61 bits per heavy atom. The Bertz CT molecular complexity index is 523. The number of pyridine rings is 1. The summed E-state index contributed by atoms with van der Waals surface area (Å²) in [5.74, 6) is 1.19. The normalized spacial score (nSPS) is 10.1. The summed E-state index contributed by atoms with van der Waals surface area (Å²) >= 11 is 0. The van der Waals surface area contributed by atoms with E-state index in [1.165, 1.54) is 6.20 Å². The van der Waals surface area contributed by atoms with Gasteiger partial charge in [-0.1, -0.05) is 12.1 Å². The molecule has 0 unspecified atom stereocenters. The third-order valence-electron chi connectivity index (χ3n) is 2.43. The molecule has 0 bridgehead atoms. The van der Waals surface area contributed by atoms with E-state index in [1.807, 2.05) is 24.3 Å². The number of benzene rings is 1. The molecular weight excluding hydrogens is 230 g/mol. The minimum atomic E-state index is 0.130. The lowest BCUT2D eigenvalue weighted by Crippen LogP contribution is -1.91. The van der Waals surface area contributed by atoms with Gasteiger partial charge in [0, 0.05) is 18.4 Å². The van der Waals surface area contributed by atoms with E-state index < -0.39 is 0 Å². The third-order valence-corrected chi connectivity index (χ3v) is 2.43. The lowest BCUT2D eigenvalue weighted by Gasteiger charge is -2.06. The number of aromatic nitrogens is 1. The molecule has 0 amide bonds. The van der Waals surface area contributed by atoms with Gasteiger partial charge in [0.05, 0.1) is 6.20 Å². The maximum Gasteiger partial charge on any atom is 0.151 e. The molecule has 2 rings (SSSR count). The highest BCUT2D eigenvalue weighted by Gasteiger charge is 2.00. The van der Waals surface area contributed by atoms with Crippen LogP contribution in [0.3, 0.4) is 0 Å². The van der Waals surface area contributed by atoms with Crippen LogP contribution in [-0.2, 0) is 6.42 Å². The summed E-state index contributed by atoms with van der Waals surface area (Å²) in [4.78, 5) is 14.5. The Morgan fingerprint density at radius 2 is 1.94 bits per heavy atom. The van der Waals surface area contributed by atoms with E-state index in [0.29, 0.717) is 23.5 Å². The number of aldehydes is 1. The van der Waals surface area contributed by atoms with E-state index in [4.69, 9.17) is 9.84 Å². The number of ether oxygens (including phenoxy) is 1. The van der Waals surface area contributed by atoms with Gasteiger partial charge >= 0.3 is 0 Å². The molecule has 1 N–H and O–H groups in total. The Labute approximate surface area is 105 Å². The van der Waals surface area contributed by atoms with Crippen molar-refractivity contribution in [1.82, 2.24) is 4.98 Å². The third kappa shape index (κ3) is 3.15. The van der Waals surface area contributed by atoms with Gasteiger partial charge in [-0.25, -0.2) is 0 Å². The van der Waals surface area contributed by atoms with Crippen LogP contribution in [0.15, 0.2) is 42.7 Å². The van der Waals surface area contributed by atoms with Gasteiger partial charge in [0.2, 0.25) is 0 Å². The van der Waals surface area contributed by atoms with Crippen LogP contribution < -0.4 is 4.74 Å². The molecular formula is C14H13NO3. The van der Waals surface area contributed by atoms with Crippen LogP contribution in [0.1, 0.15) is 15.9 Å². The minimum absolute atomic E-state index is 0.130. The van der Waals surface area contributed by atoms with Crippen molar-refractivity contribution in [3.05, 3.63) is 53.9 Å². The molecule has 0 spiro atoms. The van der Waals surface area contributed by atoms with Crippen molar-refractivity contribution < 1.29 is 14.6 Å². The van der Waals surface area contributed by atoms with Gasteiger partial charge in [0.25, 0.3) is 0 Å². The Hall–Kier alpha value is -2.20. The monoisotopic (exact) mass is 243 g/mol. The highest BCUT2D eigenvalue weighted by molar-refractivity contribution is 5.74. The highest BCUT2D eigenvalue weighted by atomic mass is 16.5. The van der Waals surface area contributed by atoms with E-state index in [-0.39, 0.29) is 6.61 Å². The molecule has 0 fully saturated rings. The number of hydrogen-bond donors (Lipinski definition) is 1. The summed E-state index contributed by atoms with van der Waals surface area (Å²) in [7, 11) is 0. The molecule has 1 aromatic carbocycles. The highest BCUT2D eigenvalue weighted by Crippen LogP contribution is 2.21. The summed E-state index contributed by atoms with van der Waals surface area (Å²) in [6.45, 7) is 0.130. The minimum Gasteiger partial charge on any atom is -0.456 e. The second-order valence-corrected chi connectivity index (χ2v) is 3.79. The van der Waals surface area contributed by atoms with E-state index in [2.05, 4.69) is 4.98 Å². The lowest BCUT2D eigenvalue weighted by atomic mass is 10.1. The molecule has 0 saturated carbocycles. The van der Waals surface area contributed by atoms with Crippen LogP contribution >= 0.6 is 0 Å². The van der Waals surface area contributed by atoms with Crippen LogP contribution in [-0.4, -0.2) is 23.0 Å². The lowest BCUT2D eigenvalue weighted by molar-refractivity contribution is 0.112. The number of aliphatic hydroxyl groups excluding tert-OH is 1. The van der Waals surface area contributed by atoms with E-state index in [9.17, 15) is 4.79 Å². The predicted molar refractivity (Wildman–Crippen MR) is 66.9 cm³/mol. The van der Waals surface area contributed by atoms with Gasteiger partial charge in [0.1, 0.15) is 11.5 Å². The molecule has 2 aromatic rings. The molecule has 0 radical (unpaired) electrons. The quantitative estimate of drug-likeness (QED) is 0.818. The van der Waals surface area contributed by atoms with Crippen molar-refractivity contribution in [2.75, 3.05) is 6.61 Å². The summed E-state index contributed by atoms with van der Waals surface area (Å²) in [5.41, 5.74) is 1.52. The van der Waals surface area contributed by atoms with Gasteiger partial charge in [-0.2, -0.15) is 0 Å². The van der Waals surface area contributed by atoms with Crippen molar-refractivity contribution in [2.24, 2.45) is 0 Å². The summed E-state index contributed by atoms with van der Waals surface area (Å²) in [5, 5.41) is 8.81. The molecule has 92 valence electrons. The Kier molecular flexibility index (Phi) is 4.04. The molecule has 4 heteroatoms. The molecule has 1 aromatic heterocycles. The molecule has 0 atom stereocenters. The molecule has 18 heavy (non-hydrogen) atoms. The maximum atomic E-state index is 10.6. The van der Waals surface area contributed by atoms with Crippen LogP contribution in [0.4, 0.5) is 0 Å². The van der Waals surface area contributed by atoms with Crippen molar-refractivity contribution >= 4 is 6.29 Å². The van der Waals surface area contributed by atoms with E-state index in [0.717, 1.165) is 11.8 Å². The Balaban J connectivity index is 2.10. The molecule has 0 aliphatic carbocycles. The van der Waals surface area contributed by atoms with Gasteiger partial charge in [0.15, 0.2) is 6.29 Å². The number of nitrogens with zero attached hydrogens (tertiary/aromatic N) is 1. The zero-order valence-corrected chi connectivity index (χ0v) is 9.74. The summed E-state index contributed by atoms with van der Waals surface area (Å²) in [6.07, 6.45) is 4.38. The fourth-order valence-corrected chi connectivity index (χ4v) is 1.55. The first-order chi connectivity index (χ1) is 8.81. The van der Waals surface area contributed by atoms with Gasteiger partial charge in [-0.05, 0) is 30.2 Å². The van der Waals surface area contributed by atoms with Crippen molar-refractivity contribution in [2.45, 2.75) is 6.42 Å². The Morgan fingerprint density at radius 1 is 1.17 bits per heavy atom. The smallest absolute Gasteiger partial charge is 0.151 e. The second-order valence-electron chi connectivity index (χ2n) is 3.79. The van der Waals surface area contributed by atoms with Crippen molar-refractivity contribution in [3.63, 3.8) is 0 Å². The summed E-state index contributed by atoms with van der Waals surface area (Å²) < 4.78 is 5.57. The van der Waals surface area contributed by atoms with Gasteiger partial charge in [-0.15, -0.1) is 0 Å². The van der Waals surface area contributed by atoms with Crippen molar-refractivity contribution in [1.29, 1.82) is 0 Å². The summed E-state index contributed by atoms with van der Waals surface area (Å²) in [6, 6.07) is 9.05. The van der Waals surface area contributed by atoms with Crippen LogP contribution in [0.25, 0.3) is 0 Å². The first-order valence-electron chi connectivity index (χ1n) is 5.59. The SMILES string of the molecule is O=Cc1cncc(Oc2ccc(CCO)cc2)c1. The van der Waals surface area contributed by atoms with E-state index >= 15 is 0 Å². The van der Waals surface area contributed by atoms with Crippen LogP contribution in [0.2, 0.25) is 0 Å². The standard InChI is InChI=1S/C14H13NO3/c16-6-5-11-1-3-13(4-2-11)18-14-7-12(10-17)8-15-9-14/h1-4,7-10,16H,5-6H2. The maximum absolute atomic E-state index is 10.6. The average Bonchev–Trinajstić information content (AvgIpc) is 2.42. The number of carbonyl (C=O) groups excluding carboxylic acids is 1. The number of hydrogen-bond acceptors (Lipinski definition) is 4. The van der Waals surface area contributed by atoms with Gasteiger partial charge < -0.3 is 9.84 Å². The van der Waals surface area contributed by atoms with E-state index in [1.54, 1.807) is 12.3 Å². The fraction of sp³-hybridized carbons (Fsp3) is 0.143. The molecule has 0 aliphatic heterocycles. The predicted octanol–water partition coefficient (Wildman–Crippen LogP) is 2.22. The van der Waals surface area contributed by atoms with Crippen LogP contribution in [0, 0.1) is 0 Å². The zero-order chi connectivity index (χ0) is 12.8. The second kappa shape index (κ2) is 5.93. The first kappa shape index (κ1) is 12.3. The number of carbonyl (C=O) groups is 1. The topological polar surface area (TPSA) is 59.4 Å².